The zero-order valence-corrected chi connectivity index (χ0v) is 14.5. The Labute approximate surface area is 139 Å². The van der Waals surface area contributed by atoms with Crippen LogP contribution < -0.4 is 10.5 Å². The second kappa shape index (κ2) is 7.84. The zero-order chi connectivity index (χ0) is 15.5. The number of amides is 1. The van der Waals surface area contributed by atoms with Crippen LogP contribution in [0.25, 0.3) is 0 Å². The van der Waals surface area contributed by atoms with Crippen molar-refractivity contribution >= 4 is 18.3 Å². The third-order valence-corrected chi connectivity index (χ3v) is 4.57. The molecule has 1 amide bonds. The Balaban J connectivity index is 0.00000242. The van der Waals surface area contributed by atoms with E-state index in [0.717, 1.165) is 25.3 Å². The van der Waals surface area contributed by atoms with Crippen LogP contribution in [0.2, 0.25) is 0 Å². The van der Waals surface area contributed by atoms with Gasteiger partial charge in [-0.05, 0) is 42.0 Å². The molecule has 1 aromatic carbocycles. The molecule has 0 saturated carbocycles. The number of methoxy groups -OCH3 is 1. The van der Waals surface area contributed by atoms with Gasteiger partial charge in [-0.3, -0.25) is 4.79 Å². The van der Waals surface area contributed by atoms with Crippen LogP contribution in [0.5, 0.6) is 5.75 Å². The number of nitrogens with two attached hydrogens (primary N) is 1. The Morgan fingerprint density at radius 3 is 2.55 bits per heavy atom. The molecule has 1 saturated heterocycles. The molecule has 4 nitrogen and oxygen atoms in total. The summed E-state index contributed by atoms with van der Waals surface area (Å²) in [5.74, 6) is 1.29. The third-order valence-electron chi connectivity index (χ3n) is 4.57. The molecule has 0 aliphatic carbocycles. The average molecular weight is 327 g/mol. The Morgan fingerprint density at radius 2 is 2.05 bits per heavy atom. The van der Waals surface area contributed by atoms with Gasteiger partial charge in [-0.1, -0.05) is 26.0 Å². The smallest absolute Gasteiger partial charge is 0.223 e. The first-order valence-corrected chi connectivity index (χ1v) is 7.59. The number of carbonyl (C=O) groups is 1. The third kappa shape index (κ3) is 4.37. The van der Waals surface area contributed by atoms with E-state index in [9.17, 15) is 4.79 Å². The molecule has 1 fully saturated rings. The maximum atomic E-state index is 12.4. The molecular weight excluding hydrogens is 300 g/mol. The Bertz CT molecular complexity index is 492. The van der Waals surface area contributed by atoms with Crippen molar-refractivity contribution in [3.8, 4) is 5.75 Å². The summed E-state index contributed by atoms with van der Waals surface area (Å²) in [4.78, 5) is 14.4. The molecule has 1 aliphatic heterocycles. The van der Waals surface area contributed by atoms with Crippen LogP contribution in [-0.4, -0.2) is 37.6 Å². The van der Waals surface area contributed by atoms with E-state index >= 15 is 0 Å². The highest BCUT2D eigenvalue weighted by Gasteiger charge is 2.35. The van der Waals surface area contributed by atoms with Gasteiger partial charge in [-0.25, -0.2) is 0 Å². The average Bonchev–Trinajstić information content (AvgIpc) is 2.90. The van der Waals surface area contributed by atoms with E-state index in [2.05, 4.69) is 13.8 Å². The summed E-state index contributed by atoms with van der Waals surface area (Å²) < 4.78 is 5.16. The van der Waals surface area contributed by atoms with Crippen LogP contribution in [-0.2, 0) is 4.79 Å². The van der Waals surface area contributed by atoms with Crippen molar-refractivity contribution < 1.29 is 9.53 Å². The van der Waals surface area contributed by atoms with E-state index in [4.69, 9.17) is 10.5 Å². The lowest BCUT2D eigenvalue weighted by molar-refractivity contribution is -0.130. The molecular formula is C17H27ClN2O2. The first kappa shape index (κ1) is 18.8. The SMILES string of the molecule is COc1ccc(C(C)CC(=O)N2CCC(C)(CN)C2)cc1.Cl. The largest absolute Gasteiger partial charge is 0.497 e. The van der Waals surface area contributed by atoms with Crippen LogP contribution in [0, 0.1) is 5.41 Å². The molecule has 0 radical (unpaired) electrons. The van der Waals surface area contributed by atoms with Crippen molar-refractivity contribution in [1.29, 1.82) is 0 Å². The first-order valence-electron chi connectivity index (χ1n) is 7.59. The number of benzene rings is 1. The molecule has 1 aliphatic rings. The lowest BCUT2D eigenvalue weighted by Crippen LogP contribution is -2.34. The van der Waals surface area contributed by atoms with E-state index in [-0.39, 0.29) is 29.6 Å². The topological polar surface area (TPSA) is 55.6 Å². The Kier molecular flexibility index (Phi) is 6.69. The zero-order valence-electron chi connectivity index (χ0n) is 13.7. The van der Waals surface area contributed by atoms with Gasteiger partial charge < -0.3 is 15.4 Å². The van der Waals surface area contributed by atoms with Gasteiger partial charge in [0.15, 0.2) is 0 Å². The lowest BCUT2D eigenvalue weighted by atomic mass is 9.90. The van der Waals surface area contributed by atoms with Crippen molar-refractivity contribution in [2.45, 2.75) is 32.6 Å². The van der Waals surface area contributed by atoms with Crippen LogP contribution >= 0.6 is 12.4 Å². The van der Waals surface area contributed by atoms with Gasteiger partial charge in [0.05, 0.1) is 7.11 Å². The van der Waals surface area contributed by atoms with Gasteiger partial charge in [0, 0.05) is 19.5 Å². The summed E-state index contributed by atoms with van der Waals surface area (Å²) in [5, 5.41) is 0. The van der Waals surface area contributed by atoms with Gasteiger partial charge in [0.25, 0.3) is 0 Å². The molecule has 2 unspecified atom stereocenters. The van der Waals surface area contributed by atoms with Crippen molar-refractivity contribution in [1.82, 2.24) is 4.90 Å². The van der Waals surface area contributed by atoms with Crippen molar-refractivity contribution in [2.24, 2.45) is 11.1 Å². The molecule has 0 aromatic heterocycles. The highest BCUT2D eigenvalue weighted by atomic mass is 35.5. The predicted molar refractivity (Wildman–Crippen MR) is 91.6 cm³/mol. The van der Waals surface area contributed by atoms with Crippen LogP contribution in [0.4, 0.5) is 0 Å². The van der Waals surface area contributed by atoms with Crippen LogP contribution in [0.15, 0.2) is 24.3 Å². The summed E-state index contributed by atoms with van der Waals surface area (Å²) in [6.07, 6.45) is 1.55. The van der Waals surface area contributed by atoms with E-state index < -0.39 is 0 Å². The van der Waals surface area contributed by atoms with E-state index in [0.29, 0.717) is 13.0 Å². The number of hydrogen-bond acceptors (Lipinski definition) is 3. The molecule has 2 rings (SSSR count). The lowest BCUT2D eigenvalue weighted by Gasteiger charge is -2.23. The number of likely N-dealkylation sites (tertiary alicyclic amines) is 1. The second-order valence-electron chi connectivity index (χ2n) is 6.46. The van der Waals surface area contributed by atoms with Crippen molar-refractivity contribution in [2.75, 3.05) is 26.7 Å². The Hall–Kier alpha value is -1.26. The minimum Gasteiger partial charge on any atom is -0.497 e. The first-order chi connectivity index (χ1) is 9.97. The fourth-order valence-electron chi connectivity index (χ4n) is 2.84. The summed E-state index contributed by atoms with van der Waals surface area (Å²) in [5.41, 5.74) is 7.07. The van der Waals surface area contributed by atoms with Gasteiger partial charge >= 0.3 is 0 Å². The number of hydrogen-bond donors (Lipinski definition) is 1. The monoisotopic (exact) mass is 326 g/mol. The highest BCUT2D eigenvalue weighted by Crippen LogP contribution is 2.30. The van der Waals surface area contributed by atoms with E-state index in [1.54, 1.807) is 7.11 Å². The maximum absolute atomic E-state index is 12.4. The molecule has 124 valence electrons. The minimum absolute atomic E-state index is 0. The van der Waals surface area contributed by atoms with Gasteiger partial charge in [0.1, 0.15) is 5.75 Å². The van der Waals surface area contributed by atoms with Gasteiger partial charge in [0.2, 0.25) is 5.91 Å². The maximum Gasteiger partial charge on any atom is 0.223 e. The number of ether oxygens (including phenoxy) is 1. The summed E-state index contributed by atoms with van der Waals surface area (Å²) in [7, 11) is 1.66. The van der Waals surface area contributed by atoms with Gasteiger partial charge in [-0.2, -0.15) is 0 Å². The fraction of sp³-hybridized carbons (Fsp3) is 0.588. The summed E-state index contributed by atoms with van der Waals surface area (Å²) in [6, 6.07) is 7.95. The highest BCUT2D eigenvalue weighted by molar-refractivity contribution is 5.85. The normalized spacial score (nSPS) is 22.1. The van der Waals surface area contributed by atoms with Crippen molar-refractivity contribution in [3.63, 3.8) is 0 Å². The Morgan fingerprint density at radius 1 is 1.41 bits per heavy atom. The molecule has 2 N–H and O–H groups in total. The number of rotatable bonds is 5. The van der Waals surface area contributed by atoms with Crippen molar-refractivity contribution in [3.05, 3.63) is 29.8 Å². The summed E-state index contributed by atoms with van der Waals surface area (Å²) in [6.45, 7) is 6.52. The molecule has 22 heavy (non-hydrogen) atoms. The fourth-order valence-corrected chi connectivity index (χ4v) is 2.84. The standard InChI is InChI=1S/C17H26N2O2.ClH/c1-13(14-4-6-15(21-3)7-5-14)10-16(20)19-9-8-17(2,11-18)12-19;/h4-7,13H,8-12,18H2,1-3H3;1H. The summed E-state index contributed by atoms with van der Waals surface area (Å²) >= 11 is 0. The van der Waals surface area contributed by atoms with E-state index in [1.807, 2.05) is 29.2 Å². The van der Waals surface area contributed by atoms with Crippen LogP contribution in [0.3, 0.4) is 0 Å². The number of carbonyl (C=O) groups excluding carboxylic acids is 1. The van der Waals surface area contributed by atoms with Crippen LogP contribution in [0.1, 0.15) is 38.2 Å². The number of halogens is 1. The molecule has 1 aromatic rings. The quantitative estimate of drug-likeness (QED) is 0.905. The molecule has 2 atom stereocenters. The molecule has 0 spiro atoms. The molecule has 5 heteroatoms. The molecule has 0 bridgehead atoms. The minimum atomic E-state index is 0. The van der Waals surface area contributed by atoms with E-state index in [1.165, 1.54) is 5.56 Å². The predicted octanol–water partition coefficient (Wildman–Crippen LogP) is 2.81. The van der Waals surface area contributed by atoms with Gasteiger partial charge in [-0.15, -0.1) is 12.4 Å². The number of nitrogens with zero attached hydrogens (tertiary/aromatic N) is 1. The molecule has 1 heterocycles. The second-order valence-corrected chi connectivity index (χ2v) is 6.46.